The summed E-state index contributed by atoms with van der Waals surface area (Å²) in [6.07, 6.45) is 2.84. The summed E-state index contributed by atoms with van der Waals surface area (Å²) in [5.74, 6) is -0.199. The largest absolute Gasteiger partial charge is 0.334 e. The minimum atomic E-state index is -0.891. The zero-order chi connectivity index (χ0) is 11.5. The molecular formula is C12H15FN2O. The van der Waals surface area contributed by atoms with Gasteiger partial charge in [-0.2, -0.15) is 0 Å². The van der Waals surface area contributed by atoms with Crippen LogP contribution in [0.3, 0.4) is 0 Å². The molecule has 0 radical (unpaired) electrons. The number of carbonyl (C=O) groups excluding carboxylic acids is 1. The molecule has 1 fully saturated rings. The number of rotatable bonds is 2. The Morgan fingerprint density at radius 2 is 2.31 bits per heavy atom. The van der Waals surface area contributed by atoms with Crippen LogP contribution in [0.2, 0.25) is 0 Å². The van der Waals surface area contributed by atoms with Gasteiger partial charge in [0.05, 0.1) is 6.04 Å². The number of halogens is 1. The maximum atomic E-state index is 13.5. The van der Waals surface area contributed by atoms with Gasteiger partial charge >= 0.3 is 0 Å². The van der Waals surface area contributed by atoms with Crippen LogP contribution in [0.1, 0.15) is 29.8 Å². The van der Waals surface area contributed by atoms with E-state index >= 15 is 0 Å². The number of pyridine rings is 1. The fourth-order valence-corrected chi connectivity index (χ4v) is 2.15. The van der Waals surface area contributed by atoms with E-state index in [1.165, 1.54) is 4.90 Å². The van der Waals surface area contributed by atoms with Gasteiger partial charge in [0.1, 0.15) is 11.9 Å². The van der Waals surface area contributed by atoms with Crippen LogP contribution in [0.15, 0.2) is 24.4 Å². The highest BCUT2D eigenvalue weighted by Crippen LogP contribution is 2.26. The predicted molar refractivity (Wildman–Crippen MR) is 58.9 cm³/mol. The molecule has 1 amide bonds. The maximum Gasteiger partial charge on any atom is 0.272 e. The van der Waals surface area contributed by atoms with Gasteiger partial charge in [0.15, 0.2) is 0 Å². The highest BCUT2D eigenvalue weighted by Gasteiger charge is 2.33. The Kier molecular flexibility index (Phi) is 3.17. The molecular weight excluding hydrogens is 207 g/mol. The Morgan fingerprint density at radius 3 is 2.88 bits per heavy atom. The third-order valence-electron chi connectivity index (χ3n) is 3.10. The fraction of sp³-hybridized carbons (Fsp3) is 0.500. The highest BCUT2D eigenvalue weighted by atomic mass is 19.1. The number of hydrogen-bond donors (Lipinski definition) is 0. The molecule has 0 N–H and O–H groups in total. The Balaban J connectivity index is 2.10. The van der Waals surface area contributed by atoms with Gasteiger partial charge in [-0.25, -0.2) is 4.39 Å². The summed E-state index contributed by atoms with van der Waals surface area (Å²) in [6.45, 7) is 0. The molecule has 0 bridgehead atoms. The topological polar surface area (TPSA) is 33.2 Å². The van der Waals surface area contributed by atoms with Crippen LogP contribution in [0, 0.1) is 0 Å². The van der Waals surface area contributed by atoms with Crippen molar-refractivity contribution in [2.75, 3.05) is 7.05 Å². The molecule has 3 nitrogen and oxygen atoms in total. The monoisotopic (exact) mass is 222 g/mol. The smallest absolute Gasteiger partial charge is 0.272 e. The van der Waals surface area contributed by atoms with Gasteiger partial charge < -0.3 is 4.90 Å². The molecule has 0 saturated heterocycles. The van der Waals surface area contributed by atoms with E-state index in [1.54, 1.807) is 31.4 Å². The van der Waals surface area contributed by atoms with Crippen molar-refractivity contribution in [3.05, 3.63) is 30.1 Å². The lowest BCUT2D eigenvalue weighted by molar-refractivity contribution is 0.0661. The van der Waals surface area contributed by atoms with E-state index in [-0.39, 0.29) is 11.9 Å². The van der Waals surface area contributed by atoms with E-state index in [0.29, 0.717) is 12.1 Å². The summed E-state index contributed by atoms with van der Waals surface area (Å²) in [6, 6.07) is 4.88. The summed E-state index contributed by atoms with van der Waals surface area (Å²) >= 11 is 0. The lowest BCUT2D eigenvalue weighted by Crippen LogP contribution is -2.40. The van der Waals surface area contributed by atoms with E-state index in [1.807, 2.05) is 0 Å². The first-order valence-corrected chi connectivity index (χ1v) is 5.52. The molecule has 0 aromatic carbocycles. The molecule has 1 aliphatic carbocycles. The van der Waals surface area contributed by atoms with Crippen LogP contribution >= 0.6 is 0 Å². The van der Waals surface area contributed by atoms with Gasteiger partial charge in [-0.3, -0.25) is 9.78 Å². The zero-order valence-electron chi connectivity index (χ0n) is 9.27. The van der Waals surface area contributed by atoms with Crippen LogP contribution < -0.4 is 0 Å². The van der Waals surface area contributed by atoms with Gasteiger partial charge in [-0.15, -0.1) is 0 Å². The molecule has 1 aliphatic rings. The van der Waals surface area contributed by atoms with Gasteiger partial charge in [0, 0.05) is 13.2 Å². The van der Waals surface area contributed by atoms with E-state index in [9.17, 15) is 9.18 Å². The standard InChI is InChI=1S/C12H15FN2O/c1-15(11-7-4-5-9(11)13)12(16)10-6-2-3-8-14-10/h2-3,6,8-9,11H,4-5,7H2,1H3. The Bertz CT molecular complexity index is 369. The van der Waals surface area contributed by atoms with E-state index < -0.39 is 6.17 Å². The lowest BCUT2D eigenvalue weighted by Gasteiger charge is -2.25. The van der Waals surface area contributed by atoms with Crippen LogP contribution in [-0.2, 0) is 0 Å². The molecule has 1 aromatic rings. The average molecular weight is 222 g/mol. The molecule has 1 heterocycles. The SMILES string of the molecule is CN(C(=O)c1ccccn1)C1CCCC1F. The third-order valence-corrected chi connectivity index (χ3v) is 3.10. The normalized spacial score (nSPS) is 24.4. The molecule has 0 spiro atoms. The van der Waals surface area contributed by atoms with Crippen molar-refractivity contribution in [1.82, 2.24) is 9.88 Å². The quantitative estimate of drug-likeness (QED) is 0.767. The van der Waals surface area contributed by atoms with Crippen LogP contribution in [0.25, 0.3) is 0 Å². The van der Waals surface area contributed by atoms with Crippen LogP contribution in [-0.4, -0.2) is 35.1 Å². The Labute approximate surface area is 94.3 Å². The number of aromatic nitrogens is 1. The number of hydrogen-bond acceptors (Lipinski definition) is 2. The first kappa shape index (κ1) is 11.0. The first-order chi connectivity index (χ1) is 7.70. The minimum Gasteiger partial charge on any atom is -0.334 e. The Hall–Kier alpha value is -1.45. The molecule has 2 rings (SSSR count). The van der Waals surface area contributed by atoms with Crippen LogP contribution in [0.5, 0.6) is 0 Å². The van der Waals surface area contributed by atoms with Crippen molar-refractivity contribution in [3.63, 3.8) is 0 Å². The summed E-state index contributed by atoms with van der Waals surface area (Å²) in [5, 5.41) is 0. The van der Waals surface area contributed by atoms with Crippen LogP contribution in [0.4, 0.5) is 4.39 Å². The van der Waals surface area contributed by atoms with Crippen molar-refractivity contribution in [2.24, 2.45) is 0 Å². The highest BCUT2D eigenvalue weighted by molar-refractivity contribution is 5.92. The van der Waals surface area contributed by atoms with E-state index in [2.05, 4.69) is 4.98 Å². The molecule has 86 valence electrons. The van der Waals surface area contributed by atoms with Gasteiger partial charge in [-0.1, -0.05) is 6.07 Å². The summed E-state index contributed by atoms with van der Waals surface area (Å²) in [5.41, 5.74) is 0.379. The maximum absolute atomic E-state index is 13.5. The molecule has 2 atom stereocenters. The second kappa shape index (κ2) is 4.60. The van der Waals surface area contributed by atoms with E-state index in [0.717, 1.165) is 12.8 Å². The molecule has 1 aromatic heterocycles. The lowest BCUT2D eigenvalue weighted by atomic mass is 10.2. The summed E-state index contributed by atoms with van der Waals surface area (Å²) in [4.78, 5) is 17.4. The second-order valence-electron chi connectivity index (χ2n) is 4.15. The molecule has 16 heavy (non-hydrogen) atoms. The molecule has 2 unspecified atom stereocenters. The summed E-state index contributed by atoms with van der Waals surface area (Å²) < 4.78 is 13.5. The van der Waals surface area contributed by atoms with E-state index in [4.69, 9.17) is 0 Å². The zero-order valence-corrected chi connectivity index (χ0v) is 9.27. The van der Waals surface area contributed by atoms with Gasteiger partial charge in [0.25, 0.3) is 5.91 Å². The number of alkyl halides is 1. The third kappa shape index (κ3) is 2.05. The first-order valence-electron chi connectivity index (χ1n) is 5.52. The van der Waals surface area contributed by atoms with Crippen molar-refractivity contribution in [3.8, 4) is 0 Å². The molecule has 4 heteroatoms. The fourth-order valence-electron chi connectivity index (χ4n) is 2.15. The summed E-state index contributed by atoms with van der Waals surface area (Å²) in [7, 11) is 1.65. The van der Waals surface area contributed by atoms with Gasteiger partial charge in [0.2, 0.25) is 0 Å². The van der Waals surface area contributed by atoms with Crippen molar-refractivity contribution in [1.29, 1.82) is 0 Å². The molecule has 1 saturated carbocycles. The Morgan fingerprint density at radius 1 is 1.50 bits per heavy atom. The number of amides is 1. The average Bonchev–Trinajstić information content (AvgIpc) is 2.75. The van der Waals surface area contributed by atoms with Crippen molar-refractivity contribution in [2.45, 2.75) is 31.5 Å². The predicted octanol–water partition coefficient (Wildman–Crippen LogP) is 2.04. The van der Waals surface area contributed by atoms with Crippen molar-refractivity contribution >= 4 is 5.91 Å². The van der Waals surface area contributed by atoms with Crippen molar-refractivity contribution < 1.29 is 9.18 Å². The molecule has 0 aliphatic heterocycles. The second-order valence-corrected chi connectivity index (χ2v) is 4.15. The minimum absolute atomic E-state index is 0.199. The van der Waals surface area contributed by atoms with Gasteiger partial charge in [-0.05, 0) is 31.4 Å². The number of carbonyl (C=O) groups is 1. The number of nitrogens with zero attached hydrogens (tertiary/aromatic N) is 2.